The van der Waals surface area contributed by atoms with Crippen molar-refractivity contribution >= 4 is 11.4 Å². The second-order valence-electron chi connectivity index (χ2n) is 2.53. The summed E-state index contributed by atoms with van der Waals surface area (Å²) in [4.78, 5) is 11.1. The Hall–Kier alpha value is -1.71. The van der Waals surface area contributed by atoms with Crippen LogP contribution in [0, 0.1) is 0 Å². The Kier molecular flexibility index (Phi) is 1.40. The molecule has 2 aromatic rings. The van der Waals surface area contributed by atoms with Gasteiger partial charge in [-0.2, -0.15) is 0 Å². The zero-order chi connectivity index (χ0) is 8.55. The lowest BCUT2D eigenvalue weighted by molar-refractivity contribution is 0.101. The van der Waals surface area contributed by atoms with Crippen LogP contribution in [-0.4, -0.2) is 20.4 Å². The maximum atomic E-state index is 11.1. The average Bonchev–Trinajstić information content (AvgIpc) is 2.49. The van der Waals surface area contributed by atoms with Crippen LogP contribution >= 0.6 is 0 Å². The van der Waals surface area contributed by atoms with E-state index in [-0.39, 0.29) is 5.78 Å². The summed E-state index contributed by atoms with van der Waals surface area (Å²) < 4.78 is 1.67. The van der Waals surface area contributed by atoms with E-state index in [1.54, 1.807) is 22.6 Å². The van der Waals surface area contributed by atoms with E-state index in [1.165, 1.54) is 13.3 Å². The van der Waals surface area contributed by atoms with Crippen LogP contribution in [0.4, 0.5) is 0 Å². The Bertz CT molecular complexity index is 433. The Morgan fingerprint density at radius 3 is 3.08 bits per heavy atom. The van der Waals surface area contributed by atoms with Gasteiger partial charge in [-0.15, -0.1) is 10.2 Å². The molecule has 4 heteroatoms. The molecule has 0 N–H and O–H groups in total. The Morgan fingerprint density at radius 1 is 1.50 bits per heavy atom. The van der Waals surface area contributed by atoms with E-state index in [4.69, 9.17) is 0 Å². The van der Waals surface area contributed by atoms with Crippen LogP contribution in [-0.2, 0) is 0 Å². The fourth-order valence-corrected chi connectivity index (χ4v) is 1.14. The summed E-state index contributed by atoms with van der Waals surface area (Å²) in [5.41, 5.74) is 1.31. The molecule has 0 fully saturated rings. The lowest BCUT2D eigenvalue weighted by Gasteiger charge is -1.97. The SMILES string of the molecule is CC(=O)c1cccc2nncn12. The van der Waals surface area contributed by atoms with Crippen molar-refractivity contribution < 1.29 is 4.79 Å². The van der Waals surface area contributed by atoms with Crippen LogP contribution in [0.25, 0.3) is 5.65 Å². The Balaban J connectivity index is 2.82. The lowest BCUT2D eigenvalue weighted by atomic mass is 10.3. The molecule has 0 radical (unpaired) electrons. The molecule has 0 aliphatic heterocycles. The molecule has 0 amide bonds. The van der Waals surface area contributed by atoms with Crippen molar-refractivity contribution in [3.63, 3.8) is 0 Å². The van der Waals surface area contributed by atoms with Crippen molar-refractivity contribution in [1.82, 2.24) is 14.6 Å². The summed E-state index contributed by atoms with van der Waals surface area (Å²) >= 11 is 0. The van der Waals surface area contributed by atoms with Gasteiger partial charge in [0, 0.05) is 6.92 Å². The maximum Gasteiger partial charge on any atom is 0.176 e. The highest BCUT2D eigenvalue weighted by atomic mass is 16.1. The number of carbonyl (C=O) groups is 1. The summed E-state index contributed by atoms with van der Waals surface area (Å²) in [6.45, 7) is 1.52. The first-order valence-corrected chi connectivity index (χ1v) is 3.59. The van der Waals surface area contributed by atoms with E-state index in [9.17, 15) is 4.79 Å². The molecule has 0 spiro atoms. The smallest absolute Gasteiger partial charge is 0.176 e. The maximum absolute atomic E-state index is 11.1. The number of ketones is 1. The molecule has 2 aromatic heterocycles. The zero-order valence-corrected chi connectivity index (χ0v) is 6.56. The standard InChI is InChI=1S/C8H7N3O/c1-6(12)7-3-2-4-8-10-9-5-11(7)8/h2-5H,1H3. The topological polar surface area (TPSA) is 47.3 Å². The van der Waals surface area contributed by atoms with Gasteiger partial charge in [-0.1, -0.05) is 6.07 Å². The fraction of sp³-hybridized carbons (Fsp3) is 0.125. The lowest BCUT2D eigenvalue weighted by Crippen LogP contribution is -2.00. The van der Waals surface area contributed by atoms with E-state index in [0.29, 0.717) is 11.3 Å². The highest BCUT2D eigenvalue weighted by molar-refractivity contribution is 5.92. The summed E-state index contributed by atoms with van der Waals surface area (Å²) in [6.07, 6.45) is 1.53. The summed E-state index contributed by atoms with van der Waals surface area (Å²) in [5.74, 6) is 0.0143. The number of pyridine rings is 1. The number of fused-ring (bicyclic) bond motifs is 1. The highest BCUT2D eigenvalue weighted by Gasteiger charge is 2.04. The molecule has 0 saturated heterocycles. The van der Waals surface area contributed by atoms with Crippen LogP contribution in [0.1, 0.15) is 17.4 Å². The summed E-state index contributed by atoms with van der Waals surface area (Å²) in [7, 11) is 0. The molecule has 4 nitrogen and oxygen atoms in total. The second kappa shape index (κ2) is 2.41. The van der Waals surface area contributed by atoms with E-state index in [2.05, 4.69) is 10.2 Å². The Morgan fingerprint density at radius 2 is 2.33 bits per heavy atom. The largest absolute Gasteiger partial charge is 0.293 e. The molecule has 12 heavy (non-hydrogen) atoms. The molecule has 0 atom stereocenters. The third kappa shape index (κ3) is 0.887. The van der Waals surface area contributed by atoms with Gasteiger partial charge in [0.1, 0.15) is 6.33 Å². The molecule has 0 bridgehead atoms. The number of aromatic nitrogens is 3. The van der Waals surface area contributed by atoms with E-state index < -0.39 is 0 Å². The van der Waals surface area contributed by atoms with E-state index >= 15 is 0 Å². The average molecular weight is 161 g/mol. The molecule has 60 valence electrons. The highest BCUT2D eigenvalue weighted by Crippen LogP contribution is 2.04. The summed E-state index contributed by atoms with van der Waals surface area (Å²) in [6, 6.07) is 5.35. The van der Waals surface area contributed by atoms with Gasteiger partial charge < -0.3 is 0 Å². The van der Waals surface area contributed by atoms with Gasteiger partial charge in [-0.3, -0.25) is 9.20 Å². The molecule has 0 aliphatic rings. The molecular weight excluding hydrogens is 154 g/mol. The van der Waals surface area contributed by atoms with Gasteiger partial charge in [0.25, 0.3) is 0 Å². The molecule has 2 rings (SSSR count). The summed E-state index contributed by atoms with van der Waals surface area (Å²) in [5, 5.41) is 7.53. The number of hydrogen-bond acceptors (Lipinski definition) is 3. The van der Waals surface area contributed by atoms with E-state index in [0.717, 1.165) is 0 Å². The van der Waals surface area contributed by atoms with Crippen molar-refractivity contribution in [2.45, 2.75) is 6.92 Å². The van der Waals surface area contributed by atoms with Crippen LogP contribution in [0.15, 0.2) is 24.5 Å². The number of nitrogens with zero attached hydrogens (tertiary/aromatic N) is 3. The Labute approximate surface area is 68.8 Å². The van der Waals surface area contributed by atoms with Crippen LogP contribution in [0.3, 0.4) is 0 Å². The zero-order valence-electron chi connectivity index (χ0n) is 6.56. The van der Waals surface area contributed by atoms with Crippen molar-refractivity contribution in [3.8, 4) is 0 Å². The minimum absolute atomic E-state index is 0.0143. The molecule has 0 aliphatic carbocycles. The van der Waals surface area contributed by atoms with Crippen molar-refractivity contribution in [2.75, 3.05) is 0 Å². The minimum atomic E-state index is 0.0143. The number of hydrogen-bond donors (Lipinski definition) is 0. The van der Waals surface area contributed by atoms with Crippen LogP contribution < -0.4 is 0 Å². The predicted octanol–water partition coefficient (Wildman–Crippen LogP) is 0.932. The third-order valence-electron chi connectivity index (χ3n) is 1.69. The number of rotatable bonds is 1. The fourth-order valence-electron chi connectivity index (χ4n) is 1.14. The van der Waals surface area contributed by atoms with Crippen molar-refractivity contribution in [1.29, 1.82) is 0 Å². The first-order chi connectivity index (χ1) is 5.79. The van der Waals surface area contributed by atoms with Crippen molar-refractivity contribution in [3.05, 3.63) is 30.2 Å². The second-order valence-corrected chi connectivity index (χ2v) is 2.53. The molecule has 0 unspecified atom stereocenters. The van der Waals surface area contributed by atoms with Crippen LogP contribution in [0.5, 0.6) is 0 Å². The quantitative estimate of drug-likeness (QED) is 0.584. The van der Waals surface area contributed by atoms with Gasteiger partial charge in [0.05, 0.1) is 5.69 Å². The molecular formula is C8H7N3O. The molecule has 2 heterocycles. The van der Waals surface area contributed by atoms with Gasteiger partial charge in [-0.05, 0) is 12.1 Å². The predicted molar refractivity (Wildman–Crippen MR) is 43.0 cm³/mol. The first kappa shape index (κ1) is 6.97. The normalized spacial score (nSPS) is 10.4. The van der Waals surface area contributed by atoms with Gasteiger partial charge in [-0.25, -0.2) is 0 Å². The minimum Gasteiger partial charge on any atom is -0.293 e. The van der Waals surface area contributed by atoms with Crippen LogP contribution in [0.2, 0.25) is 0 Å². The molecule has 0 aromatic carbocycles. The third-order valence-corrected chi connectivity index (χ3v) is 1.69. The number of Topliss-reactive ketones (excluding diaryl/α,β-unsaturated/α-hetero) is 1. The van der Waals surface area contributed by atoms with E-state index in [1.807, 2.05) is 0 Å². The number of carbonyl (C=O) groups excluding carboxylic acids is 1. The van der Waals surface area contributed by atoms with Gasteiger partial charge in [0.2, 0.25) is 0 Å². The molecule has 0 saturated carbocycles. The van der Waals surface area contributed by atoms with Gasteiger partial charge in [0.15, 0.2) is 11.4 Å². The monoisotopic (exact) mass is 161 g/mol. The first-order valence-electron chi connectivity index (χ1n) is 3.59. The van der Waals surface area contributed by atoms with Gasteiger partial charge >= 0.3 is 0 Å². The van der Waals surface area contributed by atoms with Crippen molar-refractivity contribution in [2.24, 2.45) is 0 Å².